The molecule has 4 aromatic heterocycles. The van der Waals surface area contributed by atoms with Gasteiger partial charge < -0.3 is 14.7 Å². The van der Waals surface area contributed by atoms with Gasteiger partial charge in [-0.05, 0) is 59.7 Å². The number of nitrogens with zero attached hydrogens (tertiary/aromatic N) is 8. The quantitative estimate of drug-likeness (QED) is 0.313. The molecule has 12 heteroatoms. The summed E-state index contributed by atoms with van der Waals surface area (Å²) in [6.07, 6.45) is 4.88. The molecule has 6 rings (SSSR count). The van der Waals surface area contributed by atoms with Crippen LogP contribution < -0.4 is 4.90 Å². The van der Waals surface area contributed by atoms with E-state index in [2.05, 4.69) is 31.2 Å². The van der Waals surface area contributed by atoms with Crippen LogP contribution in [0.4, 0.5) is 10.5 Å². The highest BCUT2D eigenvalue weighted by atomic mass is 16.6. The van der Waals surface area contributed by atoms with Gasteiger partial charge in [-0.2, -0.15) is 10.2 Å². The summed E-state index contributed by atoms with van der Waals surface area (Å²) in [5.74, 6) is 0.691. The maximum Gasteiger partial charge on any atom is 0.410 e. The minimum atomic E-state index is -0.557. The molecule has 1 aliphatic rings. The van der Waals surface area contributed by atoms with Gasteiger partial charge in [-0.1, -0.05) is 0 Å². The first-order valence-electron chi connectivity index (χ1n) is 14.0. The fourth-order valence-electron chi connectivity index (χ4n) is 5.78. The van der Waals surface area contributed by atoms with Crippen LogP contribution in [0, 0.1) is 6.92 Å². The van der Waals surface area contributed by atoms with E-state index < -0.39 is 5.60 Å². The number of rotatable bonds is 3. The van der Waals surface area contributed by atoms with Crippen LogP contribution in [0.2, 0.25) is 0 Å². The molecule has 1 aliphatic heterocycles. The van der Waals surface area contributed by atoms with Crippen molar-refractivity contribution in [3.8, 4) is 28.4 Å². The number of ether oxygens (including phenoxy) is 1. The molecule has 1 fully saturated rings. The molecule has 1 aromatic carbocycles. The number of aromatic hydroxyl groups is 1. The van der Waals surface area contributed by atoms with Crippen LogP contribution in [0.15, 0.2) is 36.9 Å². The van der Waals surface area contributed by atoms with Crippen molar-refractivity contribution >= 4 is 33.7 Å². The largest absolute Gasteiger partial charge is 0.507 e. The number of aryl methyl sites for hydroxylation is 2. The molecular weight excluding hydrogens is 534 g/mol. The van der Waals surface area contributed by atoms with Crippen LogP contribution in [0.5, 0.6) is 5.75 Å². The molecule has 1 saturated heterocycles. The Kier molecular flexibility index (Phi) is 6.51. The third-order valence-corrected chi connectivity index (χ3v) is 7.61. The van der Waals surface area contributed by atoms with E-state index in [4.69, 9.17) is 14.7 Å². The van der Waals surface area contributed by atoms with Crippen molar-refractivity contribution < 1.29 is 14.6 Å². The van der Waals surface area contributed by atoms with Crippen molar-refractivity contribution in [1.82, 2.24) is 39.8 Å². The Bertz CT molecular complexity index is 1790. The zero-order chi connectivity index (χ0) is 29.9. The highest BCUT2D eigenvalue weighted by Crippen LogP contribution is 2.39. The number of anilines is 1. The summed E-state index contributed by atoms with van der Waals surface area (Å²) in [6.45, 7) is 12.8. The molecule has 0 unspecified atom stereocenters. The van der Waals surface area contributed by atoms with E-state index >= 15 is 0 Å². The van der Waals surface area contributed by atoms with Gasteiger partial charge >= 0.3 is 6.09 Å². The number of pyridine rings is 2. The number of benzene rings is 1. The van der Waals surface area contributed by atoms with Gasteiger partial charge in [-0.15, -0.1) is 0 Å². The maximum absolute atomic E-state index is 12.9. The molecule has 0 bridgehead atoms. The summed E-state index contributed by atoms with van der Waals surface area (Å²) in [4.78, 5) is 31.0. The van der Waals surface area contributed by atoms with Crippen molar-refractivity contribution in [3.63, 3.8) is 0 Å². The Hall–Kier alpha value is -4.74. The van der Waals surface area contributed by atoms with Crippen molar-refractivity contribution in [2.45, 2.75) is 59.2 Å². The first-order valence-corrected chi connectivity index (χ1v) is 14.0. The van der Waals surface area contributed by atoms with Gasteiger partial charge in [-0.25, -0.2) is 19.7 Å². The van der Waals surface area contributed by atoms with E-state index in [0.29, 0.717) is 41.4 Å². The lowest BCUT2D eigenvalue weighted by atomic mass is 10.00. The number of phenols is 1. The Morgan fingerprint density at radius 1 is 1.10 bits per heavy atom. The standard InChI is InChI=1S/C30H35N9O3/c1-16-12-38(13-17(2)39(16)29(41)42-30(4,5)6)20-9-21-22(28-32-15-33-35-28)10-24(34-27(21)31-11-20)23-8-19-14-37(7)36-25(19)18(3)26(23)40/h8-11,14-17,40H,12-13H2,1-7H3,(H,32,33,35)/t16-,17-/m1/s1. The van der Waals surface area contributed by atoms with Crippen molar-refractivity contribution in [2.75, 3.05) is 18.0 Å². The predicted molar refractivity (Wildman–Crippen MR) is 160 cm³/mol. The fourth-order valence-corrected chi connectivity index (χ4v) is 5.78. The van der Waals surface area contributed by atoms with Gasteiger partial charge in [0.15, 0.2) is 11.5 Å². The zero-order valence-corrected chi connectivity index (χ0v) is 24.9. The molecular formula is C30H35N9O3. The summed E-state index contributed by atoms with van der Waals surface area (Å²) in [7, 11) is 1.85. The van der Waals surface area contributed by atoms with Gasteiger partial charge in [-0.3, -0.25) is 14.7 Å². The summed E-state index contributed by atoms with van der Waals surface area (Å²) in [6, 6.07) is 5.71. The molecule has 218 valence electrons. The molecule has 5 aromatic rings. The van der Waals surface area contributed by atoms with Crippen LogP contribution in [-0.2, 0) is 11.8 Å². The molecule has 1 amide bonds. The minimum absolute atomic E-state index is 0.0675. The van der Waals surface area contributed by atoms with Gasteiger partial charge in [0.05, 0.1) is 35.2 Å². The number of hydrogen-bond acceptors (Lipinski definition) is 9. The molecule has 12 nitrogen and oxygen atoms in total. The number of piperazine rings is 1. The van der Waals surface area contributed by atoms with E-state index in [-0.39, 0.29) is 23.9 Å². The number of nitrogens with one attached hydrogen (secondary N) is 1. The second-order valence-electron chi connectivity index (χ2n) is 12.1. The SMILES string of the molecule is Cc1c(O)c(-c2cc(-c3ncn[nH]3)c3cc(N4C[C@@H](C)N(C(=O)OC(C)(C)C)[C@H](C)C4)cnc3n2)cc2cn(C)nc12. The first-order chi connectivity index (χ1) is 19.9. The molecule has 0 aliphatic carbocycles. The zero-order valence-electron chi connectivity index (χ0n) is 24.9. The lowest BCUT2D eigenvalue weighted by Crippen LogP contribution is -2.59. The van der Waals surface area contributed by atoms with Crippen LogP contribution in [0.1, 0.15) is 40.2 Å². The number of amides is 1. The number of phenolic OH excluding ortho intramolecular Hbond substituents is 1. The Morgan fingerprint density at radius 3 is 2.50 bits per heavy atom. The fraction of sp³-hybridized carbons (Fsp3) is 0.400. The Morgan fingerprint density at radius 2 is 1.83 bits per heavy atom. The average Bonchev–Trinajstić information content (AvgIpc) is 3.58. The summed E-state index contributed by atoms with van der Waals surface area (Å²) in [5, 5.41) is 24.4. The molecule has 0 spiro atoms. The van der Waals surface area contributed by atoms with Crippen LogP contribution >= 0.6 is 0 Å². The lowest BCUT2D eigenvalue weighted by molar-refractivity contribution is 0.00566. The average molecular weight is 570 g/mol. The van der Waals surface area contributed by atoms with Gasteiger partial charge in [0, 0.05) is 53.8 Å². The third kappa shape index (κ3) is 4.86. The van der Waals surface area contributed by atoms with E-state index in [9.17, 15) is 9.90 Å². The number of fused-ring (bicyclic) bond motifs is 2. The molecule has 5 heterocycles. The second kappa shape index (κ2) is 9.97. The summed E-state index contributed by atoms with van der Waals surface area (Å²) < 4.78 is 7.40. The topological polar surface area (TPSA) is 138 Å². The lowest BCUT2D eigenvalue weighted by Gasteiger charge is -2.45. The molecule has 2 atom stereocenters. The number of aromatic nitrogens is 7. The number of carbonyl (C=O) groups excluding carboxylic acids is 1. The second-order valence-corrected chi connectivity index (χ2v) is 12.1. The van der Waals surface area contributed by atoms with E-state index in [1.54, 1.807) is 10.9 Å². The highest BCUT2D eigenvalue weighted by Gasteiger charge is 2.36. The normalized spacial score (nSPS) is 17.8. The highest BCUT2D eigenvalue weighted by molar-refractivity contribution is 5.97. The van der Waals surface area contributed by atoms with Crippen molar-refractivity contribution in [3.05, 3.63) is 42.5 Å². The van der Waals surface area contributed by atoms with Crippen molar-refractivity contribution in [2.24, 2.45) is 7.05 Å². The summed E-state index contributed by atoms with van der Waals surface area (Å²) >= 11 is 0. The Balaban J connectivity index is 1.40. The third-order valence-electron chi connectivity index (χ3n) is 7.61. The maximum atomic E-state index is 12.9. The predicted octanol–water partition coefficient (Wildman–Crippen LogP) is 4.82. The van der Waals surface area contributed by atoms with Crippen LogP contribution in [0.3, 0.4) is 0 Å². The van der Waals surface area contributed by atoms with Crippen LogP contribution in [0.25, 0.3) is 44.6 Å². The van der Waals surface area contributed by atoms with Gasteiger partial charge in [0.25, 0.3) is 0 Å². The molecule has 2 N–H and O–H groups in total. The number of hydrogen-bond donors (Lipinski definition) is 2. The van der Waals surface area contributed by atoms with Gasteiger partial charge in [0.1, 0.15) is 17.7 Å². The van der Waals surface area contributed by atoms with E-state index in [0.717, 1.165) is 27.5 Å². The van der Waals surface area contributed by atoms with Gasteiger partial charge in [0.2, 0.25) is 0 Å². The minimum Gasteiger partial charge on any atom is -0.507 e. The van der Waals surface area contributed by atoms with E-state index in [1.165, 1.54) is 6.33 Å². The molecule has 0 radical (unpaired) electrons. The molecule has 0 saturated carbocycles. The monoisotopic (exact) mass is 569 g/mol. The number of H-pyrrole nitrogens is 1. The van der Waals surface area contributed by atoms with Crippen molar-refractivity contribution in [1.29, 1.82) is 0 Å². The smallest absolute Gasteiger partial charge is 0.410 e. The summed E-state index contributed by atoms with van der Waals surface area (Å²) in [5.41, 5.74) is 4.21. The Labute approximate surface area is 243 Å². The first kappa shape index (κ1) is 27.4. The van der Waals surface area contributed by atoms with Crippen LogP contribution in [-0.4, -0.2) is 81.8 Å². The number of carbonyl (C=O) groups is 1. The number of aromatic amines is 1. The molecule has 42 heavy (non-hydrogen) atoms. The van der Waals surface area contributed by atoms with E-state index in [1.807, 2.05) is 71.8 Å².